The lowest BCUT2D eigenvalue weighted by molar-refractivity contribution is 0.167. The van der Waals surface area contributed by atoms with Gasteiger partial charge in [0, 0.05) is 38.2 Å². The molecule has 0 bridgehead atoms. The summed E-state index contributed by atoms with van der Waals surface area (Å²) in [5, 5.41) is 11.2. The maximum atomic E-state index is 12.6. The zero-order valence-electron chi connectivity index (χ0n) is 16.0. The summed E-state index contributed by atoms with van der Waals surface area (Å²) in [6.45, 7) is 2.15. The standard InChI is InChI=1S/C18H25N5O4S/c1-11-21-22-18(27-11)13-7-14(8-13)20-17-6-5-15(9-19-17)28(24,25)23-16(10-26-2)12-3-4-12/h5-6,9,12-14,16,23H,3-4,7-8,10H2,1-2H3,(H,19,20). The molecule has 2 N–H and O–H groups in total. The number of sulfonamides is 1. The Morgan fingerprint density at radius 3 is 2.64 bits per heavy atom. The van der Waals surface area contributed by atoms with Crippen molar-refractivity contribution in [2.75, 3.05) is 19.0 Å². The number of nitrogens with zero attached hydrogens (tertiary/aromatic N) is 3. The van der Waals surface area contributed by atoms with Crippen molar-refractivity contribution in [3.05, 3.63) is 30.1 Å². The highest BCUT2D eigenvalue weighted by atomic mass is 32.2. The monoisotopic (exact) mass is 407 g/mol. The van der Waals surface area contributed by atoms with Gasteiger partial charge in [-0.3, -0.25) is 0 Å². The smallest absolute Gasteiger partial charge is 0.242 e. The number of anilines is 1. The number of hydrogen-bond acceptors (Lipinski definition) is 8. The predicted octanol–water partition coefficient (Wildman–Crippen LogP) is 1.83. The fraction of sp³-hybridized carbons (Fsp3) is 0.611. The van der Waals surface area contributed by atoms with Crippen molar-refractivity contribution >= 4 is 15.8 Å². The third-order valence-corrected chi connectivity index (χ3v) is 6.75. The molecule has 2 aliphatic carbocycles. The molecule has 1 atom stereocenters. The van der Waals surface area contributed by atoms with Crippen molar-refractivity contribution in [2.45, 2.75) is 55.5 Å². The molecular formula is C18H25N5O4S. The number of ether oxygens (including phenoxy) is 1. The summed E-state index contributed by atoms with van der Waals surface area (Å²) in [5.41, 5.74) is 0. The van der Waals surface area contributed by atoms with Crippen molar-refractivity contribution in [3.63, 3.8) is 0 Å². The van der Waals surface area contributed by atoms with Gasteiger partial charge >= 0.3 is 0 Å². The first kappa shape index (κ1) is 19.3. The average Bonchev–Trinajstić information content (AvgIpc) is 3.39. The van der Waals surface area contributed by atoms with E-state index in [2.05, 4.69) is 25.2 Å². The van der Waals surface area contributed by atoms with Crippen molar-refractivity contribution in [1.82, 2.24) is 19.9 Å². The molecule has 0 radical (unpaired) electrons. The van der Waals surface area contributed by atoms with Crippen molar-refractivity contribution < 1.29 is 17.6 Å². The minimum absolute atomic E-state index is 0.160. The van der Waals surface area contributed by atoms with Gasteiger partial charge in [-0.1, -0.05) is 0 Å². The van der Waals surface area contributed by atoms with Crippen LogP contribution in [0, 0.1) is 12.8 Å². The van der Waals surface area contributed by atoms with E-state index < -0.39 is 10.0 Å². The summed E-state index contributed by atoms with van der Waals surface area (Å²) in [7, 11) is -2.03. The highest BCUT2D eigenvalue weighted by molar-refractivity contribution is 7.89. The minimum atomic E-state index is -3.61. The lowest BCUT2D eigenvalue weighted by Gasteiger charge is -2.33. The van der Waals surface area contributed by atoms with Crippen LogP contribution in [0.25, 0.3) is 0 Å². The number of aromatic nitrogens is 3. The van der Waals surface area contributed by atoms with Gasteiger partial charge in [0.15, 0.2) is 0 Å². The molecule has 2 aliphatic rings. The summed E-state index contributed by atoms with van der Waals surface area (Å²) in [4.78, 5) is 4.43. The van der Waals surface area contributed by atoms with Crippen LogP contribution in [0.15, 0.2) is 27.6 Å². The fourth-order valence-corrected chi connectivity index (χ4v) is 4.69. The number of methoxy groups -OCH3 is 1. The third kappa shape index (κ3) is 4.34. The maximum absolute atomic E-state index is 12.6. The Bertz CT molecular complexity index is 904. The van der Waals surface area contributed by atoms with Crippen molar-refractivity contribution in [1.29, 1.82) is 0 Å². The second-order valence-electron chi connectivity index (χ2n) is 7.57. The molecule has 0 saturated heterocycles. The normalized spacial score (nSPS) is 23.2. The summed E-state index contributed by atoms with van der Waals surface area (Å²) in [6.07, 6.45) is 5.21. The van der Waals surface area contributed by atoms with E-state index in [0.29, 0.717) is 30.1 Å². The van der Waals surface area contributed by atoms with E-state index in [1.54, 1.807) is 26.2 Å². The molecule has 9 nitrogen and oxygen atoms in total. The van der Waals surface area contributed by atoms with Gasteiger partial charge in [0.1, 0.15) is 10.7 Å². The Morgan fingerprint density at radius 2 is 2.07 bits per heavy atom. The van der Waals surface area contributed by atoms with Crippen molar-refractivity contribution in [2.24, 2.45) is 5.92 Å². The van der Waals surface area contributed by atoms with E-state index in [1.807, 2.05) is 0 Å². The first-order chi connectivity index (χ1) is 13.4. The van der Waals surface area contributed by atoms with Gasteiger partial charge < -0.3 is 14.5 Å². The van der Waals surface area contributed by atoms with E-state index >= 15 is 0 Å². The number of pyridine rings is 1. The molecule has 152 valence electrons. The number of nitrogens with one attached hydrogen (secondary N) is 2. The Hall–Kier alpha value is -2.04. The molecule has 0 aromatic carbocycles. The number of rotatable bonds is 9. The fourth-order valence-electron chi connectivity index (χ4n) is 3.46. The second kappa shape index (κ2) is 7.76. The Balaban J connectivity index is 1.32. The molecule has 0 aliphatic heterocycles. The van der Waals surface area contributed by atoms with Crippen LogP contribution in [0.5, 0.6) is 0 Å². The lowest BCUT2D eigenvalue weighted by atomic mass is 9.80. The molecule has 2 fully saturated rings. The second-order valence-corrected chi connectivity index (χ2v) is 9.28. The van der Waals surface area contributed by atoms with Crippen LogP contribution in [0.1, 0.15) is 43.4 Å². The van der Waals surface area contributed by atoms with Crippen LogP contribution in [0.2, 0.25) is 0 Å². The number of hydrogen-bond donors (Lipinski definition) is 2. The van der Waals surface area contributed by atoms with Crippen molar-refractivity contribution in [3.8, 4) is 0 Å². The highest BCUT2D eigenvalue weighted by Gasteiger charge is 2.35. The van der Waals surface area contributed by atoms with Crippen LogP contribution in [0.4, 0.5) is 5.82 Å². The van der Waals surface area contributed by atoms with E-state index in [-0.39, 0.29) is 22.9 Å². The number of aryl methyl sites for hydroxylation is 1. The zero-order valence-corrected chi connectivity index (χ0v) is 16.8. The van der Waals surface area contributed by atoms with Gasteiger partial charge in [-0.2, -0.15) is 0 Å². The van der Waals surface area contributed by atoms with Gasteiger partial charge in [0.05, 0.1) is 6.61 Å². The first-order valence-electron chi connectivity index (χ1n) is 9.48. The van der Waals surface area contributed by atoms with Crippen LogP contribution in [-0.4, -0.2) is 49.4 Å². The molecule has 1 unspecified atom stereocenters. The van der Waals surface area contributed by atoms with Gasteiger partial charge in [-0.05, 0) is 43.7 Å². The van der Waals surface area contributed by atoms with E-state index in [0.717, 1.165) is 25.7 Å². The summed E-state index contributed by atoms with van der Waals surface area (Å²) in [5.74, 6) is 2.53. The summed E-state index contributed by atoms with van der Waals surface area (Å²) in [6, 6.07) is 3.34. The molecule has 2 aromatic rings. The maximum Gasteiger partial charge on any atom is 0.242 e. The molecule has 2 saturated carbocycles. The molecule has 0 amide bonds. The van der Waals surface area contributed by atoms with Gasteiger partial charge in [-0.15, -0.1) is 10.2 Å². The Morgan fingerprint density at radius 1 is 1.29 bits per heavy atom. The molecule has 4 rings (SSSR count). The molecule has 28 heavy (non-hydrogen) atoms. The SMILES string of the molecule is COCC(NS(=O)(=O)c1ccc(NC2CC(c3nnc(C)o3)C2)nc1)C1CC1. The van der Waals surface area contributed by atoms with Crippen LogP contribution < -0.4 is 10.0 Å². The third-order valence-electron chi connectivity index (χ3n) is 5.27. The molecular weight excluding hydrogens is 382 g/mol. The first-order valence-corrected chi connectivity index (χ1v) is 11.0. The quantitative estimate of drug-likeness (QED) is 0.646. The highest BCUT2D eigenvalue weighted by Crippen LogP contribution is 2.37. The van der Waals surface area contributed by atoms with E-state index in [9.17, 15) is 8.42 Å². The van der Waals surface area contributed by atoms with Crippen LogP contribution in [0.3, 0.4) is 0 Å². The summed E-state index contributed by atoms with van der Waals surface area (Å²) < 4.78 is 38.6. The average molecular weight is 407 g/mol. The predicted molar refractivity (Wildman–Crippen MR) is 101 cm³/mol. The minimum Gasteiger partial charge on any atom is -0.425 e. The lowest BCUT2D eigenvalue weighted by Crippen LogP contribution is -2.39. The molecule has 2 aromatic heterocycles. The van der Waals surface area contributed by atoms with Gasteiger partial charge in [-0.25, -0.2) is 18.1 Å². The van der Waals surface area contributed by atoms with Crippen LogP contribution in [-0.2, 0) is 14.8 Å². The largest absolute Gasteiger partial charge is 0.425 e. The Kier molecular flexibility index (Phi) is 5.35. The van der Waals surface area contributed by atoms with E-state index in [4.69, 9.17) is 9.15 Å². The molecule has 0 spiro atoms. The van der Waals surface area contributed by atoms with Crippen LogP contribution >= 0.6 is 0 Å². The summed E-state index contributed by atoms with van der Waals surface area (Å²) >= 11 is 0. The topological polar surface area (TPSA) is 119 Å². The molecule has 2 heterocycles. The molecule has 10 heteroatoms. The van der Waals surface area contributed by atoms with Gasteiger partial charge in [0.2, 0.25) is 21.8 Å². The zero-order chi connectivity index (χ0) is 19.7. The van der Waals surface area contributed by atoms with Gasteiger partial charge in [0.25, 0.3) is 0 Å². The Labute approximate surface area is 164 Å². The van der Waals surface area contributed by atoms with E-state index in [1.165, 1.54) is 6.20 Å².